The summed E-state index contributed by atoms with van der Waals surface area (Å²) >= 11 is 0. The number of aryl methyl sites for hydroxylation is 1. The highest BCUT2D eigenvalue weighted by Gasteiger charge is 2.43. The zero-order chi connectivity index (χ0) is 84.6. The van der Waals surface area contributed by atoms with Crippen molar-refractivity contribution in [3.63, 3.8) is 0 Å². The van der Waals surface area contributed by atoms with E-state index < -0.39 is 73.8 Å². The van der Waals surface area contributed by atoms with Gasteiger partial charge in [0.25, 0.3) is 0 Å². The molecule has 1 fully saturated rings. The molecule has 0 saturated carbocycles. The highest BCUT2D eigenvalue weighted by Crippen LogP contribution is 2.51. The van der Waals surface area contributed by atoms with Gasteiger partial charge in [0.2, 0.25) is 23.5 Å². The first-order valence-corrected chi connectivity index (χ1v) is 56.4. The van der Waals surface area contributed by atoms with Gasteiger partial charge in [-0.2, -0.15) is 0 Å². The molecule has 0 unspecified atom stereocenters. The van der Waals surface area contributed by atoms with E-state index in [1.807, 2.05) is 12.1 Å². The van der Waals surface area contributed by atoms with E-state index in [0.29, 0.717) is 98.5 Å². The summed E-state index contributed by atoms with van der Waals surface area (Å²) in [5.41, 5.74) is 3.40. The number of nitrogens with zero attached hydrogens (tertiary/aromatic N) is 2. The fourth-order valence-corrected chi connectivity index (χ4v) is 15.8. The molecule has 2 aliphatic rings. The van der Waals surface area contributed by atoms with Crippen molar-refractivity contribution < 1.29 is 88.9 Å². The number of carbonyl (C=O) groups excluding carboxylic acids is 6. The molecule has 0 radical (unpaired) electrons. The van der Waals surface area contributed by atoms with Crippen LogP contribution in [0, 0.1) is 0 Å². The average molecular weight is 1640 g/mol. The first-order chi connectivity index (χ1) is 49.5. The van der Waals surface area contributed by atoms with E-state index in [1.54, 1.807) is 43.3 Å². The Morgan fingerprint density at radius 1 is 0.477 bits per heavy atom. The van der Waals surface area contributed by atoms with Crippen LogP contribution in [-0.4, -0.2) is 207 Å². The summed E-state index contributed by atoms with van der Waals surface area (Å²) in [6.07, 6.45) is 1.50. The van der Waals surface area contributed by atoms with E-state index in [2.05, 4.69) is 219 Å². The normalized spacial score (nSPS) is 14.7. The molecule has 1 heterocycles. The van der Waals surface area contributed by atoms with Crippen LogP contribution in [0.2, 0.25) is 109 Å². The van der Waals surface area contributed by atoms with Crippen molar-refractivity contribution in [3.8, 4) is 34.1 Å². The minimum Gasteiger partial charge on any atom is -0.493 e. The Hall–Kier alpha value is -4.65. The number of carboxylic acids is 1. The van der Waals surface area contributed by atoms with E-state index in [0.717, 1.165) is 48.6 Å². The summed E-state index contributed by atoms with van der Waals surface area (Å²) in [5.74, 6) is -0.909. The summed E-state index contributed by atoms with van der Waals surface area (Å²) < 4.78 is 64.5. The van der Waals surface area contributed by atoms with Crippen molar-refractivity contribution in [2.45, 2.75) is 298 Å². The van der Waals surface area contributed by atoms with Gasteiger partial charge in [-0.05, 0) is 157 Å². The van der Waals surface area contributed by atoms with Gasteiger partial charge in [0.15, 0.2) is 61.4 Å². The molecule has 628 valence electrons. The van der Waals surface area contributed by atoms with Crippen LogP contribution < -0.4 is 29.6 Å². The third-order valence-electron chi connectivity index (χ3n) is 23.1. The maximum absolute atomic E-state index is 13.6. The molecule has 1 atom stereocenters. The molecular formula is C80H150N4O19Si6. The van der Waals surface area contributed by atoms with Gasteiger partial charge in [0, 0.05) is 77.8 Å². The van der Waals surface area contributed by atoms with E-state index in [9.17, 15) is 33.6 Å². The molecule has 109 heavy (non-hydrogen) atoms. The van der Waals surface area contributed by atoms with E-state index >= 15 is 0 Å². The number of methoxy groups -OCH3 is 3. The smallest absolute Gasteiger partial charge is 0.314 e. The predicted octanol–water partition coefficient (Wildman–Crippen LogP) is 17.3. The number of nitrogens with one attached hydrogen (secondary N) is 2. The fraction of sp³-hybridized carbons (Fsp3) is 0.762. The first-order valence-electron chi connectivity index (χ1n) is 39.0. The lowest BCUT2D eigenvalue weighted by Gasteiger charge is -2.38. The van der Waals surface area contributed by atoms with E-state index in [4.69, 9.17) is 50.6 Å². The molecule has 1 aliphatic heterocycles. The molecule has 0 aromatic heterocycles. The van der Waals surface area contributed by atoms with Gasteiger partial charge in [0.1, 0.15) is 5.75 Å². The second kappa shape index (κ2) is 43.2. The van der Waals surface area contributed by atoms with Crippen molar-refractivity contribution in [2.24, 2.45) is 0 Å². The number of benzene rings is 2. The van der Waals surface area contributed by atoms with Crippen molar-refractivity contribution in [1.29, 1.82) is 0 Å². The maximum atomic E-state index is 13.6. The molecule has 3 amide bonds. The van der Waals surface area contributed by atoms with Gasteiger partial charge in [-0.1, -0.05) is 131 Å². The lowest BCUT2D eigenvalue weighted by atomic mass is 9.93. The van der Waals surface area contributed by atoms with Gasteiger partial charge < -0.3 is 75.8 Å². The van der Waals surface area contributed by atoms with Crippen molar-refractivity contribution >= 4 is 91.5 Å². The number of hydrogen-bond acceptors (Lipinski definition) is 19. The average Bonchev–Trinajstić information content (AvgIpc) is 1.66. The summed E-state index contributed by atoms with van der Waals surface area (Å²) in [4.78, 5) is 86.0. The number of fused-ring (bicyclic) bond motifs is 3. The number of esters is 3. The summed E-state index contributed by atoms with van der Waals surface area (Å²) in [6, 6.07) is 6.95. The molecule has 1 aliphatic carbocycles. The lowest BCUT2D eigenvalue weighted by Crippen LogP contribution is -2.46. The SMILES string of the molecule is CC(C)(C)[Si](C)(C)OCCN(CCO[Si](C)(C)C(C)(C)C)C(=O)CCC(=O)O.CC(C)(C)[Si](C)(C)OCCNCCO[Si](C)(C)C(C)(C)C.COc1cc2c(c(OC)c1OC)-c1ccc(OC(=O)CCC(=O)N(CCO[Si](C)(C)C(C)(C)C)CCO[Si](C)(C)C(C)(C)C)cc1[C@@H](NC(C)=O)CC2.O=C1CCC(=O)O1. The van der Waals surface area contributed by atoms with Crippen molar-refractivity contribution in [3.05, 3.63) is 35.4 Å². The Bertz CT molecular complexity index is 3140. The Balaban J connectivity index is 0.000000878. The summed E-state index contributed by atoms with van der Waals surface area (Å²) in [5, 5.41) is 16.3. The summed E-state index contributed by atoms with van der Waals surface area (Å²) in [6.45, 7) is 75.0. The zero-order valence-corrected chi connectivity index (χ0v) is 80.2. The molecule has 2 aromatic carbocycles. The second-order valence-corrected chi connectivity index (χ2v) is 66.5. The minimum absolute atomic E-state index is 0.00925. The Morgan fingerprint density at radius 3 is 1.13 bits per heavy atom. The molecule has 29 heteroatoms. The van der Waals surface area contributed by atoms with Crippen LogP contribution in [0.1, 0.15) is 194 Å². The van der Waals surface area contributed by atoms with Gasteiger partial charge in [0.05, 0.1) is 79.5 Å². The Morgan fingerprint density at radius 2 is 0.826 bits per heavy atom. The fourth-order valence-electron chi connectivity index (χ4n) is 9.57. The van der Waals surface area contributed by atoms with Crippen molar-refractivity contribution in [1.82, 2.24) is 20.4 Å². The molecule has 4 rings (SSSR count). The number of amides is 3. The number of aliphatic carboxylic acids is 1. The number of rotatable bonds is 35. The molecule has 3 N–H and O–H groups in total. The van der Waals surface area contributed by atoms with Crippen molar-refractivity contribution in [2.75, 3.05) is 100 Å². The monoisotopic (exact) mass is 1640 g/mol. The molecule has 0 spiro atoms. The molecule has 1 saturated heterocycles. The number of ether oxygens (including phenoxy) is 5. The first kappa shape index (κ1) is 102. The Kier molecular flexibility index (Phi) is 40.5. The highest BCUT2D eigenvalue weighted by molar-refractivity contribution is 6.76. The van der Waals surface area contributed by atoms with Crippen LogP contribution in [0.15, 0.2) is 24.3 Å². The highest BCUT2D eigenvalue weighted by atomic mass is 28.4. The van der Waals surface area contributed by atoms with Crippen LogP contribution in [0.4, 0.5) is 0 Å². The van der Waals surface area contributed by atoms with Crippen LogP contribution in [0.3, 0.4) is 0 Å². The largest absolute Gasteiger partial charge is 0.493 e. The Labute approximate surface area is 664 Å². The molecule has 2 aromatic rings. The van der Waals surface area contributed by atoms with Crippen LogP contribution >= 0.6 is 0 Å². The maximum Gasteiger partial charge on any atom is 0.314 e. The number of hydrogen-bond donors (Lipinski definition) is 3. The third-order valence-corrected chi connectivity index (χ3v) is 50.3. The number of carboxylic acid groups (broad SMARTS) is 1. The van der Waals surface area contributed by atoms with Crippen LogP contribution in [-0.2, 0) is 71.3 Å². The number of cyclic esters (lactones) is 2. The molecule has 0 bridgehead atoms. The number of carbonyl (C=O) groups is 7. The van der Waals surface area contributed by atoms with Crippen LogP contribution in [0.25, 0.3) is 11.1 Å². The molecular weight excluding hydrogens is 1490 g/mol. The standard InChI is InChI=1S/C40H64N2O9Si2.C20H43NO5Si2.C16H39NO2Si2.C4H4O3/c1-27(43)41-32-18-15-28-25-33(46-8)37(47-9)38(48-10)36(28)30-17-16-29(26-31(30)32)51-35(45)20-19-34(44)42(21-23-49-52(11,12)39(2,3)4)22-24-50-53(13,14)40(5,6)7;1-19(2,3)27(7,8)25-15-13-21(17(22)11-12-18(23)24)14-16-26-28(9,10)20(4,5)6;1-15(2,3)20(7,8)18-13-11-17-12-14-19-21(9,10)16(4,5)6;5-3-1-2-4(6)7-3/h16-17,25-26,32H,15,18-24H2,1-14H3,(H,41,43);11-16H2,1-10H3,(H,23,24);17H,11-14H2,1-10H3;1-2H2/t32-;;;/m0.../s1. The predicted molar refractivity (Wildman–Crippen MR) is 453 cm³/mol. The quantitative estimate of drug-likeness (QED) is 0.0190. The summed E-state index contributed by atoms with van der Waals surface area (Å²) in [7, 11) is -6.27. The molecule has 23 nitrogen and oxygen atoms in total. The van der Waals surface area contributed by atoms with E-state index in [-0.39, 0.29) is 82.4 Å². The third kappa shape index (κ3) is 34.1. The van der Waals surface area contributed by atoms with Gasteiger partial charge in [-0.25, -0.2) is 0 Å². The van der Waals surface area contributed by atoms with Gasteiger partial charge >= 0.3 is 23.9 Å². The van der Waals surface area contributed by atoms with Gasteiger partial charge in [-0.15, -0.1) is 0 Å². The second-order valence-electron chi connectivity index (χ2n) is 37.6. The van der Waals surface area contributed by atoms with Gasteiger partial charge in [-0.3, -0.25) is 33.6 Å². The topological polar surface area (TPSA) is 272 Å². The zero-order valence-electron chi connectivity index (χ0n) is 74.2. The minimum atomic E-state index is -2.01. The van der Waals surface area contributed by atoms with E-state index in [1.165, 1.54) is 6.92 Å². The lowest BCUT2D eigenvalue weighted by molar-refractivity contribution is -0.152. The van der Waals surface area contributed by atoms with Crippen LogP contribution in [0.5, 0.6) is 23.0 Å².